The number of nitrogen functional groups attached to an aromatic ring is 1. The summed E-state index contributed by atoms with van der Waals surface area (Å²) in [5.74, 6) is -2.91. The molecule has 0 amide bonds. The molecule has 0 radical (unpaired) electrons. The highest BCUT2D eigenvalue weighted by Gasteiger charge is 2.38. The molecule has 33 heavy (non-hydrogen) atoms. The predicted molar refractivity (Wildman–Crippen MR) is 121 cm³/mol. The van der Waals surface area contributed by atoms with Gasteiger partial charge in [0.2, 0.25) is 9.84 Å². The molecule has 2 aromatic heterocycles. The van der Waals surface area contributed by atoms with Gasteiger partial charge in [-0.05, 0) is 42.2 Å². The molecule has 7 nitrogen and oxygen atoms in total. The summed E-state index contributed by atoms with van der Waals surface area (Å²) in [4.78, 5) is 13.7. The average molecular weight is 538 g/mol. The zero-order valence-corrected chi connectivity index (χ0v) is 19.8. The van der Waals surface area contributed by atoms with Crippen LogP contribution in [0.2, 0.25) is 5.15 Å². The van der Waals surface area contributed by atoms with Gasteiger partial charge in [0.25, 0.3) is 0 Å². The molecule has 3 rings (SSSR count). The first-order chi connectivity index (χ1) is 15.3. The Balaban J connectivity index is 0.000000479. The maximum Gasteiger partial charge on any atom is 0.490 e. The molecule has 0 saturated carbocycles. The topological polar surface area (TPSA) is 134 Å². The number of nitrogens with zero attached hydrogens (tertiary/aromatic N) is 1. The molecule has 14 heteroatoms. The highest BCUT2D eigenvalue weighted by atomic mass is 35.5. The van der Waals surface area contributed by atoms with Gasteiger partial charge in [-0.1, -0.05) is 23.7 Å². The van der Waals surface area contributed by atoms with Gasteiger partial charge >= 0.3 is 12.1 Å². The van der Waals surface area contributed by atoms with Crippen molar-refractivity contribution in [1.29, 1.82) is 5.41 Å². The molecule has 0 fully saturated rings. The van der Waals surface area contributed by atoms with E-state index in [2.05, 4.69) is 4.98 Å². The van der Waals surface area contributed by atoms with E-state index in [0.29, 0.717) is 25.4 Å². The second-order valence-electron chi connectivity index (χ2n) is 6.06. The van der Waals surface area contributed by atoms with Crippen molar-refractivity contribution in [2.24, 2.45) is 5.73 Å². The number of carboxylic acids is 1. The van der Waals surface area contributed by atoms with E-state index >= 15 is 0 Å². The molecule has 4 N–H and O–H groups in total. The highest BCUT2D eigenvalue weighted by molar-refractivity contribution is 8.01. The van der Waals surface area contributed by atoms with Crippen LogP contribution in [-0.2, 0) is 14.6 Å². The van der Waals surface area contributed by atoms with Gasteiger partial charge in [-0.25, -0.2) is 18.2 Å². The van der Waals surface area contributed by atoms with E-state index in [-0.39, 0.29) is 15.6 Å². The first-order valence-electron chi connectivity index (χ1n) is 8.57. The number of hydrogen-bond acceptors (Lipinski definition) is 7. The standard InChI is InChI=1S/C17H14ClN3O2S3.C2HF3O2/c1-24-17-14(9-13(25-17)16(19)20)26(22,23)11-5-2-4-10(8-11)12-6-3-7-21-15(12)18;3-2(4,5)1(6)7/h2-9H,1H3,(H3,19,20);(H,6,7). The van der Waals surface area contributed by atoms with Gasteiger partial charge in [-0.2, -0.15) is 13.2 Å². The monoisotopic (exact) mass is 537 g/mol. The third-order valence-corrected chi connectivity index (χ3v) is 8.50. The Labute approximate surface area is 199 Å². The number of carboxylic acid groups (broad SMARTS) is 1. The fraction of sp³-hybridized carbons (Fsp3) is 0.105. The molecule has 0 aliphatic rings. The molecule has 0 atom stereocenters. The Bertz CT molecular complexity index is 1290. The van der Waals surface area contributed by atoms with Crippen molar-refractivity contribution in [3.8, 4) is 11.1 Å². The minimum absolute atomic E-state index is 0.150. The van der Waals surface area contributed by atoms with Gasteiger partial charge in [0.15, 0.2) is 0 Å². The quantitative estimate of drug-likeness (QED) is 0.182. The number of sulfone groups is 1. The van der Waals surface area contributed by atoms with Crippen molar-refractivity contribution in [2.75, 3.05) is 6.26 Å². The lowest BCUT2D eigenvalue weighted by Crippen LogP contribution is -2.21. The number of carbonyl (C=O) groups is 1. The highest BCUT2D eigenvalue weighted by Crippen LogP contribution is 2.38. The molecule has 0 unspecified atom stereocenters. The molecular formula is C19H15ClF3N3O4S3. The molecule has 0 bridgehead atoms. The SMILES string of the molecule is CSc1sc(C(=N)N)cc1S(=O)(=O)c1cccc(-c2cccnc2Cl)c1.O=C(O)C(F)(F)F. The van der Waals surface area contributed by atoms with E-state index in [4.69, 9.17) is 32.6 Å². The first-order valence-corrected chi connectivity index (χ1v) is 12.5. The van der Waals surface area contributed by atoms with Crippen molar-refractivity contribution in [1.82, 2.24) is 4.98 Å². The molecule has 0 aliphatic carbocycles. The minimum atomic E-state index is -5.08. The van der Waals surface area contributed by atoms with Crippen LogP contribution in [0, 0.1) is 5.41 Å². The number of halogens is 4. The number of thioether (sulfide) groups is 1. The Kier molecular flexibility index (Phi) is 8.52. The number of hydrogen-bond donors (Lipinski definition) is 3. The number of nitrogens with one attached hydrogen (secondary N) is 1. The zero-order chi connectivity index (χ0) is 25.0. The largest absolute Gasteiger partial charge is 0.490 e. The number of aliphatic carboxylic acids is 1. The number of nitrogens with two attached hydrogens (primary N) is 1. The van der Waals surface area contributed by atoms with Crippen molar-refractivity contribution in [3.05, 3.63) is 58.7 Å². The number of benzene rings is 1. The van der Waals surface area contributed by atoms with E-state index in [1.165, 1.54) is 29.2 Å². The van der Waals surface area contributed by atoms with Crippen molar-refractivity contribution >= 4 is 56.3 Å². The number of alkyl halides is 3. The van der Waals surface area contributed by atoms with E-state index in [9.17, 15) is 21.6 Å². The maximum absolute atomic E-state index is 13.2. The predicted octanol–water partition coefficient (Wildman–Crippen LogP) is 4.94. The van der Waals surface area contributed by atoms with E-state index in [1.54, 1.807) is 48.9 Å². The summed E-state index contributed by atoms with van der Waals surface area (Å²) in [6.45, 7) is 0. The van der Waals surface area contributed by atoms with Crippen LogP contribution in [0.25, 0.3) is 11.1 Å². The van der Waals surface area contributed by atoms with Gasteiger partial charge in [0.05, 0.1) is 18.9 Å². The van der Waals surface area contributed by atoms with Gasteiger partial charge in [-0.15, -0.1) is 23.1 Å². The zero-order valence-electron chi connectivity index (χ0n) is 16.6. The summed E-state index contributed by atoms with van der Waals surface area (Å²) in [5, 5.41) is 15.0. The number of thiophene rings is 1. The van der Waals surface area contributed by atoms with Gasteiger partial charge in [0.1, 0.15) is 11.0 Å². The van der Waals surface area contributed by atoms with Gasteiger partial charge < -0.3 is 10.8 Å². The number of amidine groups is 1. The van der Waals surface area contributed by atoms with Crippen molar-refractivity contribution < 1.29 is 31.5 Å². The fourth-order valence-corrected chi connectivity index (χ4v) is 6.51. The van der Waals surface area contributed by atoms with Crippen molar-refractivity contribution in [3.63, 3.8) is 0 Å². The number of aromatic nitrogens is 1. The van der Waals surface area contributed by atoms with Crippen LogP contribution in [0.3, 0.4) is 0 Å². The molecule has 176 valence electrons. The summed E-state index contributed by atoms with van der Waals surface area (Å²) < 4.78 is 58.6. The Morgan fingerprint density at radius 1 is 1.24 bits per heavy atom. The van der Waals surface area contributed by atoms with Crippen LogP contribution in [-0.4, -0.2) is 42.7 Å². The second kappa shape index (κ2) is 10.5. The summed E-state index contributed by atoms with van der Waals surface area (Å²) >= 11 is 8.64. The summed E-state index contributed by atoms with van der Waals surface area (Å²) in [6.07, 6.45) is -1.72. The Morgan fingerprint density at radius 2 is 1.88 bits per heavy atom. The Hall–Kier alpha value is -2.61. The normalized spacial score (nSPS) is 11.4. The molecular weight excluding hydrogens is 523 g/mol. The summed E-state index contributed by atoms with van der Waals surface area (Å²) in [5.41, 5.74) is 6.84. The smallest absolute Gasteiger partial charge is 0.475 e. The van der Waals surface area contributed by atoms with Crippen molar-refractivity contribution in [2.45, 2.75) is 20.2 Å². The van der Waals surface area contributed by atoms with Crippen LogP contribution >= 0.6 is 34.7 Å². The molecule has 1 aromatic carbocycles. The van der Waals surface area contributed by atoms with Crippen LogP contribution < -0.4 is 5.73 Å². The van der Waals surface area contributed by atoms with E-state index in [0.717, 1.165) is 0 Å². The average Bonchev–Trinajstić information content (AvgIpc) is 3.20. The molecule has 0 aliphatic heterocycles. The third kappa shape index (κ3) is 6.47. The maximum atomic E-state index is 13.2. The minimum Gasteiger partial charge on any atom is -0.475 e. The Morgan fingerprint density at radius 3 is 2.39 bits per heavy atom. The van der Waals surface area contributed by atoms with E-state index < -0.39 is 22.0 Å². The third-order valence-electron chi connectivity index (χ3n) is 3.86. The van der Waals surface area contributed by atoms with Crippen LogP contribution in [0.5, 0.6) is 0 Å². The molecule has 2 heterocycles. The molecule has 0 saturated heterocycles. The van der Waals surface area contributed by atoms with Crippen LogP contribution in [0.4, 0.5) is 13.2 Å². The molecule has 3 aromatic rings. The van der Waals surface area contributed by atoms with Crippen LogP contribution in [0.1, 0.15) is 4.88 Å². The summed E-state index contributed by atoms with van der Waals surface area (Å²) in [7, 11) is -3.76. The lowest BCUT2D eigenvalue weighted by atomic mass is 10.1. The lowest BCUT2D eigenvalue weighted by Gasteiger charge is -2.08. The number of pyridine rings is 1. The first kappa shape index (κ1) is 26.6. The second-order valence-corrected chi connectivity index (χ2v) is 10.5. The fourth-order valence-electron chi connectivity index (χ4n) is 2.38. The van der Waals surface area contributed by atoms with Gasteiger partial charge in [0, 0.05) is 11.8 Å². The summed E-state index contributed by atoms with van der Waals surface area (Å²) in [6, 6.07) is 11.6. The lowest BCUT2D eigenvalue weighted by molar-refractivity contribution is -0.192. The van der Waals surface area contributed by atoms with Crippen LogP contribution in [0.15, 0.2) is 62.7 Å². The van der Waals surface area contributed by atoms with Gasteiger partial charge in [-0.3, -0.25) is 5.41 Å². The van der Waals surface area contributed by atoms with E-state index in [1.807, 2.05) is 0 Å². The number of rotatable bonds is 5. The molecule has 0 spiro atoms.